The summed E-state index contributed by atoms with van der Waals surface area (Å²) in [5.41, 5.74) is -0.453. The van der Waals surface area contributed by atoms with Crippen molar-refractivity contribution in [2.75, 3.05) is 33.0 Å². The lowest BCUT2D eigenvalue weighted by atomic mass is 9.87. The highest BCUT2D eigenvalue weighted by Gasteiger charge is 2.46. The number of hydrogen-bond acceptors (Lipinski definition) is 5. The number of carbonyl (C=O) groups is 1. The van der Waals surface area contributed by atoms with Gasteiger partial charge in [0.05, 0.1) is 0 Å². The van der Waals surface area contributed by atoms with E-state index in [2.05, 4.69) is 0 Å². The normalized spacial score (nSPS) is 12.4. The number of amides is 1. The van der Waals surface area contributed by atoms with Crippen LogP contribution in [0.25, 0.3) is 0 Å². The molecule has 0 saturated heterocycles. The van der Waals surface area contributed by atoms with Crippen molar-refractivity contribution < 1.29 is 27.6 Å². The van der Waals surface area contributed by atoms with Gasteiger partial charge in [0.1, 0.15) is 0 Å². The zero-order valence-electron chi connectivity index (χ0n) is 16.1. The zero-order chi connectivity index (χ0) is 18.6. The van der Waals surface area contributed by atoms with E-state index in [0.717, 1.165) is 12.8 Å². The van der Waals surface area contributed by atoms with Gasteiger partial charge in [-0.1, -0.05) is 13.8 Å². The summed E-state index contributed by atoms with van der Waals surface area (Å²) in [6.07, 6.45) is 1.12. The summed E-state index contributed by atoms with van der Waals surface area (Å²) in [5.74, 6) is 0. The first kappa shape index (κ1) is 23.3. The monoisotopic (exact) mass is 365 g/mol. The van der Waals surface area contributed by atoms with Gasteiger partial charge in [-0.25, -0.2) is 4.79 Å². The van der Waals surface area contributed by atoms with Crippen molar-refractivity contribution in [1.29, 1.82) is 0 Å². The van der Waals surface area contributed by atoms with Crippen LogP contribution in [0, 0.1) is 0 Å². The molecule has 0 aliphatic heterocycles. The first-order valence-corrected chi connectivity index (χ1v) is 10.6. The van der Waals surface area contributed by atoms with Crippen molar-refractivity contribution in [1.82, 2.24) is 4.90 Å². The van der Waals surface area contributed by atoms with E-state index in [-0.39, 0.29) is 0 Å². The number of rotatable bonds is 14. The van der Waals surface area contributed by atoms with Crippen LogP contribution in [0.4, 0.5) is 4.79 Å². The standard InChI is InChI=1S/C16H35NO6Si/c1-7-16(8-2,17(9-3)15(18)19)13-14-23-24(20-10-4,21-11-5)22-12-6/h7-14H2,1-6H3,(H,18,19). The average Bonchev–Trinajstić information content (AvgIpc) is 2.54. The summed E-state index contributed by atoms with van der Waals surface area (Å²) in [6, 6.07) is 0. The Morgan fingerprint density at radius 2 is 1.38 bits per heavy atom. The molecule has 1 N–H and O–H groups in total. The fourth-order valence-corrected chi connectivity index (χ4v) is 4.85. The molecule has 144 valence electrons. The lowest BCUT2D eigenvalue weighted by Crippen LogP contribution is -2.53. The van der Waals surface area contributed by atoms with Crippen molar-refractivity contribution in [2.45, 2.75) is 66.3 Å². The van der Waals surface area contributed by atoms with Crippen LogP contribution >= 0.6 is 0 Å². The summed E-state index contributed by atoms with van der Waals surface area (Å²) in [5, 5.41) is 9.50. The van der Waals surface area contributed by atoms with E-state index >= 15 is 0 Å². The molecule has 0 spiro atoms. The van der Waals surface area contributed by atoms with Gasteiger partial charge >= 0.3 is 15.1 Å². The van der Waals surface area contributed by atoms with E-state index in [4.69, 9.17) is 17.7 Å². The molecule has 0 aromatic rings. The fourth-order valence-electron chi connectivity index (χ4n) is 2.94. The number of carboxylic acid groups (broad SMARTS) is 1. The van der Waals surface area contributed by atoms with Crippen molar-refractivity contribution in [2.24, 2.45) is 0 Å². The Labute approximate surface area is 147 Å². The van der Waals surface area contributed by atoms with E-state index in [9.17, 15) is 9.90 Å². The van der Waals surface area contributed by atoms with E-state index < -0.39 is 20.7 Å². The molecule has 0 atom stereocenters. The zero-order valence-corrected chi connectivity index (χ0v) is 17.1. The molecule has 0 aliphatic rings. The third-order valence-electron chi connectivity index (χ3n) is 4.25. The Balaban J connectivity index is 5.09. The summed E-state index contributed by atoms with van der Waals surface area (Å²) in [4.78, 5) is 13.1. The molecular formula is C16H35NO6Si. The first-order valence-electron chi connectivity index (χ1n) is 8.97. The Morgan fingerprint density at radius 3 is 1.67 bits per heavy atom. The second-order valence-corrected chi connectivity index (χ2v) is 7.51. The molecule has 0 bridgehead atoms. The summed E-state index contributed by atoms with van der Waals surface area (Å²) >= 11 is 0. The van der Waals surface area contributed by atoms with Crippen LogP contribution in [0.15, 0.2) is 0 Å². The fraction of sp³-hybridized carbons (Fsp3) is 0.938. The van der Waals surface area contributed by atoms with Crippen LogP contribution in [0.1, 0.15) is 60.8 Å². The highest BCUT2D eigenvalue weighted by Crippen LogP contribution is 2.29. The van der Waals surface area contributed by atoms with E-state index in [1.165, 1.54) is 4.90 Å². The summed E-state index contributed by atoms with van der Waals surface area (Å²) < 4.78 is 22.9. The van der Waals surface area contributed by atoms with Crippen molar-refractivity contribution in [3.63, 3.8) is 0 Å². The number of nitrogens with zero attached hydrogens (tertiary/aromatic N) is 1. The molecular weight excluding hydrogens is 330 g/mol. The molecule has 0 unspecified atom stereocenters. The molecule has 8 heteroatoms. The van der Waals surface area contributed by atoms with Gasteiger partial charge in [0, 0.05) is 38.5 Å². The van der Waals surface area contributed by atoms with E-state index in [1.54, 1.807) is 0 Å². The molecule has 0 radical (unpaired) electrons. The predicted molar refractivity (Wildman–Crippen MR) is 94.9 cm³/mol. The lowest BCUT2D eigenvalue weighted by molar-refractivity contribution is -0.0360. The molecule has 0 saturated carbocycles. The Kier molecular flexibility index (Phi) is 11.5. The molecule has 0 aromatic heterocycles. The highest BCUT2D eigenvalue weighted by atomic mass is 28.4. The van der Waals surface area contributed by atoms with Crippen LogP contribution < -0.4 is 0 Å². The molecule has 0 aliphatic carbocycles. The molecule has 0 aromatic carbocycles. The van der Waals surface area contributed by atoms with Crippen LogP contribution in [0.5, 0.6) is 0 Å². The Morgan fingerprint density at radius 1 is 0.917 bits per heavy atom. The largest absolute Gasteiger partial charge is 0.679 e. The minimum Gasteiger partial charge on any atom is -0.465 e. The Hall–Kier alpha value is -0.673. The lowest BCUT2D eigenvalue weighted by Gasteiger charge is -2.41. The molecule has 0 fully saturated rings. The van der Waals surface area contributed by atoms with Gasteiger partial charge in [0.2, 0.25) is 0 Å². The summed E-state index contributed by atoms with van der Waals surface area (Å²) in [6.45, 7) is 13.6. The number of hydrogen-bond donors (Lipinski definition) is 1. The third kappa shape index (κ3) is 6.32. The third-order valence-corrected chi connectivity index (χ3v) is 6.73. The van der Waals surface area contributed by atoms with Gasteiger partial charge < -0.3 is 27.7 Å². The Bertz CT molecular complexity index is 334. The average molecular weight is 366 g/mol. The smallest absolute Gasteiger partial charge is 0.465 e. The van der Waals surface area contributed by atoms with Gasteiger partial charge in [-0.2, -0.15) is 0 Å². The van der Waals surface area contributed by atoms with Crippen molar-refractivity contribution >= 4 is 15.1 Å². The quantitative estimate of drug-likeness (QED) is 0.475. The van der Waals surface area contributed by atoms with Gasteiger partial charge in [-0.3, -0.25) is 0 Å². The second-order valence-electron chi connectivity index (χ2n) is 5.36. The van der Waals surface area contributed by atoms with Crippen molar-refractivity contribution in [3.05, 3.63) is 0 Å². The molecule has 1 amide bonds. The van der Waals surface area contributed by atoms with Crippen LogP contribution in [0.2, 0.25) is 0 Å². The van der Waals surface area contributed by atoms with Gasteiger partial charge in [-0.05, 0) is 47.0 Å². The molecule has 0 rings (SSSR count). The van der Waals surface area contributed by atoms with Gasteiger partial charge in [0.15, 0.2) is 0 Å². The topological polar surface area (TPSA) is 77.5 Å². The van der Waals surface area contributed by atoms with E-state index in [0.29, 0.717) is 39.4 Å². The minimum atomic E-state index is -3.16. The maximum absolute atomic E-state index is 11.6. The van der Waals surface area contributed by atoms with Crippen LogP contribution in [-0.2, 0) is 17.7 Å². The SMILES string of the molecule is CCO[Si](OCC)(OCC)OCCC(CC)(CC)N(CC)C(=O)O. The van der Waals surface area contributed by atoms with Crippen molar-refractivity contribution in [3.8, 4) is 0 Å². The summed E-state index contributed by atoms with van der Waals surface area (Å²) in [7, 11) is -3.16. The van der Waals surface area contributed by atoms with Crippen LogP contribution in [0.3, 0.4) is 0 Å². The minimum absolute atomic E-state index is 0.331. The molecule has 7 nitrogen and oxygen atoms in total. The van der Waals surface area contributed by atoms with Crippen LogP contribution in [-0.4, -0.2) is 63.7 Å². The molecule has 0 heterocycles. The van der Waals surface area contributed by atoms with Gasteiger partial charge in [0.25, 0.3) is 0 Å². The highest BCUT2D eigenvalue weighted by molar-refractivity contribution is 6.53. The molecule has 24 heavy (non-hydrogen) atoms. The first-order chi connectivity index (χ1) is 11.4. The maximum atomic E-state index is 11.6. The maximum Gasteiger partial charge on any atom is 0.679 e. The second kappa shape index (κ2) is 11.8. The van der Waals surface area contributed by atoms with E-state index in [1.807, 2.05) is 41.5 Å². The predicted octanol–water partition coefficient (Wildman–Crippen LogP) is 3.50. The van der Waals surface area contributed by atoms with Gasteiger partial charge in [-0.15, -0.1) is 0 Å².